The van der Waals surface area contributed by atoms with Gasteiger partial charge in [-0.1, -0.05) is 17.7 Å². The molecule has 3 nitrogen and oxygen atoms in total. The van der Waals surface area contributed by atoms with Crippen molar-refractivity contribution < 1.29 is 9.90 Å². The number of phenolic OH excluding ortho intramolecular Hbond substituents is 1. The van der Waals surface area contributed by atoms with Crippen molar-refractivity contribution in [3.8, 4) is 5.75 Å². The SMILES string of the molecule is CN(Cc1cccs1)C(=O)c1cc(O)ccc1Cl. The summed E-state index contributed by atoms with van der Waals surface area (Å²) in [7, 11) is 1.71. The summed E-state index contributed by atoms with van der Waals surface area (Å²) in [5.41, 5.74) is 0.315. The van der Waals surface area contributed by atoms with Crippen LogP contribution < -0.4 is 0 Å². The van der Waals surface area contributed by atoms with Crippen molar-refractivity contribution in [1.29, 1.82) is 0 Å². The zero-order valence-corrected chi connectivity index (χ0v) is 11.3. The molecule has 2 aromatic rings. The number of carbonyl (C=O) groups excluding carboxylic acids is 1. The molecule has 0 aliphatic rings. The lowest BCUT2D eigenvalue weighted by Crippen LogP contribution is -2.26. The zero-order chi connectivity index (χ0) is 13.1. The number of rotatable bonds is 3. The molecule has 2 rings (SSSR count). The molecule has 0 saturated heterocycles. The molecular weight excluding hydrogens is 270 g/mol. The highest BCUT2D eigenvalue weighted by Gasteiger charge is 2.16. The molecule has 0 saturated carbocycles. The van der Waals surface area contributed by atoms with Gasteiger partial charge < -0.3 is 10.0 Å². The summed E-state index contributed by atoms with van der Waals surface area (Å²) in [6.45, 7) is 0.530. The third kappa shape index (κ3) is 2.83. The number of hydrogen-bond acceptors (Lipinski definition) is 3. The number of aromatic hydroxyl groups is 1. The van der Waals surface area contributed by atoms with Crippen molar-refractivity contribution in [3.05, 3.63) is 51.2 Å². The molecule has 0 unspecified atom stereocenters. The third-order valence-corrected chi connectivity index (χ3v) is 3.69. The predicted octanol–water partition coefficient (Wildman–Crippen LogP) is 3.38. The zero-order valence-electron chi connectivity index (χ0n) is 9.76. The molecule has 0 aliphatic heterocycles. The maximum Gasteiger partial charge on any atom is 0.255 e. The molecule has 18 heavy (non-hydrogen) atoms. The molecule has 0 aliphatic carbocycles. The van der Waals surface area contributed by atoms with Gasteiger partial charge in [-0.05, 0) is 29.6 Å². The molecule has 1 heterocycles. The van der Waals surface area contributed by atoms with Crippen LogP contribution in [-0.2, 0) is 6.54 Å². The van der Waals surface area contributed by atoms with Gasteiger partial charge in [0.25, 0.3) is 5.91 Å². The Morgan fingerprint density at radius 2 is 2.22 bits per heavy atom. The van der Waals surface area contributed by atoms with Gasteiger partial charge >= 0.3 is 0 Å². The second-order valence-corrected chi connectivity index (χ2v) is 5.34. The minimum Gasteiger partial charge on any atom is -0.508 e. The van der Waals surface area contributed by atoms with Crippen LogP contribution in [0.5, 0.6) is 5.75 Å². The Labute approximate surface area is 114 Å². The smallest absolute Gasteiger partial charge is 0.255 e. The highest BCUT2D eigenvalue weighted by Crippen LogP contribution is 2.23. The Morgan fingerprint density at radius 1 is 1.44 bits per heavy atom. The van der Waals surface area contributed by atoms with Gasteiger partial charge in [0.2, 0.25) is 0 Å². The van der Waals surface area contributed by atoms with Crippen LogP contribution in [0.1, 0.15) is 15.2 Å². The number of carbonyl (C=O) groups is 1. The quantitative estimate of drug-likeness (QED) is 0.937. The van der Waals surface area contributed by atoms with E-state index in [9.17, 15) is 9.90 Å². The topological polar surface area (TPSA) is 40.5 Å². The van der Waals surface area contributed by atoms with Gasteiger partial charge in [0, 0.05) is 11.9 Å². The van der Waals surface area contributed by atoms with Crippen molar-refractivity contribution in [1.82, 2.24) is 4.90 Å². The first-order valence-electron chi connectivity index (χ1n) is 5.34. The average molecular weight is 282 g/mol. The summed E-state index contributed by atoms with van der Waals surface area (Å²) in [5, 5.41) is 11.7. The van der Waals surface area contributed by atoms with Crippen molar-refractivity contribution in [2.75, 3.05) is 7.05 Å². The highest BCUT2D eigenvalue weighted by atomic mass is 35.5. The van der Waals surface area contributed by atoms with Gasteiger partial charge in [0.15, 0.2) is 0 Å². The minimum atomic E-state index is -0.204. The van der Waals surface area contributed by atoms with Crippen LogP contribution in [0.2, 0.25) is 5.02 Å². The van der Waals surface area contributed by atoms with E-state index in [1.54, 1.807) is 23.3 Å². The molecule has 1 aromatic heterocycles. The second-order valence-electron chi connectivity index (χ2n) is 3.90. The van der Waals surface area contributed by atoms with E-state index in [2.05, 4.69) is 0 Å². The lowest BCUT2D eigenvalue weighted by Gasteiger charge is -2.17. The first-order valence-corrected chi connectivity index (χ1v) is 6.60. The van der Waals surface area contributed by atoms with Gasteiger partial charge in [-0.2, -0.15) is 0 Å². The summed E-state index contributed by atoms with van der Waals surface area (Å²) >= 11 is 7.56. The molecule has 94 valence electrons. The molecule has 0 fully saturated rings. The lowest BCUT2D eigenvalue weighted by molar-refractivity contribution is 0.0786. The summed E-state index contributed by atoms with van der Waals surface area (Å²) in [4.78, 5) is 14.9. The Kier molecular flexibility index (Phi) is 3.89. The van der Waals surface area contributed by atoms with E-state index < -0.39 is 0 Å². The average Bonchev–Trinajstić information content (AvgIpc) is 2.84. The normalized spacial score (nSPS) is 10.3. The first-order chi connectivity index (χ1) is 8.58. The number of phenols is 1. The minimum absolute atomic E-state index is 0.0345. The molecule has 1 amide bonds. The van der Waals surface area contributed by atoms with E-state index in [4.69, 9.17) is 11.6 Å². The van der Waals surface area contributed by atoms with Crippen molar-refractivity contribution in [3.63, 3.8) is 0 Å². The van der Waals surface area contributed by atoms with Crippen LogP contribution in [0.15, 0.2) is 35.7 Å². The molecular formula is C13H12ClNO2S. The Bertz CT molecular complexity index is 554. The van der Waals surface area contributed by atoms with E-state index in [0.29, 0.717) is 17.1 Å². The van der Waals surface area contributed by atoms with Crippen LogP contribution >= 0.6 is 22.9 Å². The fourth-order valence-corrected chi connectivity index (χ4v) is 2.55. The van der Waals surface area contributed by atoms with E-state index >= 15 is 0 Å². The number of benzene rings is 1. The molecule has 5 heteroatoms. The van der Waals surface area contributed by atoms with Crippen molar-refractivity contribution >= 4 is 28.8 Å². The predicted molar refractivity (Wildman–Crippen MR) is 73.2 cm³/mol. The Morgan fingerprint density at radius 3 is 2.89 bits per heavy atom. The van der Waals surface area contributed by atoms with E-state index in [1.807, 2.05) is 17.5 Å². The van der Waals surface area contributed by atoms with Crippen molar-refractivity contribution in [2.45, 2.75) is 6.54 Å². The Hall–Kier alpha value is -1.52. The maximum absolute atomic E-state index is 12.2. The maximum atomic E-state index is 12.2. The fraction of sp³-hybridized carbons (Fsp3) is 0.154. The molecule has 0 spiro atoms. The van der Waals surface area contributed by atoms with Gasteiger partial charge in [-0.3, -0.25) is 4.79 Å². The van der Waals surface area contributed by atoms with Crippen LogP contribution in [0, 0.1) is 0 Å². The van der Waals surface area contributed by atoms with Crippen LogP contribution in [-0.4, -0.2) is 23.0 Å². The molecule has 0 radical (unpaired) electrons. The lowest BCUT2D eigenvalue weighted by atomic mass is 10.2. The monoisotopic (exact) mass is 281 g/mol. The van der Waals surface area contributed by atoms with Gasteiger partial charge in [-0.15, -0.1) is 11.3 Å². The molecule has 1 aromatic carbocycles. The van der Waals surface area contributed by atoms with E-state index in [-0.39, 0.29) is 11.7 Å². The number of amides is 1. The van der Waals surface area contributed by atoms with Crippen LogP contribution in [0.25, 0.3) is 0 Å². The van der Waals surface area contributed by atoms with Crippen LogP contribution in [0.4, 0.5) is 0 Å². The fourth-order valence-electron chi connectivity index (χ4n) is 1.59. The number of thiophene rings is 1. The van der Waals surface area contributed by atoms with E-state index in [0.717, 1.165) is 4.88 Å². The summed E-state index contributed by atoms with van der Waals surface area (Å²) in [6.07, 6.45) is 0. The third-order valence-electron chi connectivity index (χ3n) is 2.50. The standard InChI is InChI=1S/C13H12ClNO2S/c1-15(8-10-3-2-6-18-10)13(17)11-7-9(16)4-5-12(11)14/h2-7,16H,8H2,1H3. The van der Waals surface area contributed by atoms with Gasteiger partial charge in [0.1, 0.15) is 5.75 Å². The summed E-state index contributed by atoms with van der Waals surface area (Å²) in [5.74, 6) is -0.170. The molecule has 1 N–H and O–H groups in total. The highest BCUT2D eigenvalue weighted by molar-refractivity contribution is 7.09. The summed E-state index contributed by atoms with van der Waals surface area (Å²) in [6, 6.07) is 8.27. The van der Waals surface area contributed by atoms with Gasteiger partial charge in [0.05, 0.1) is 17.1 Å². The van der Waals surface area contributed by atoms with E-state index in [1.165, 1.54) is 18.2 Å². The number of hydrogen-bond donors (Lipinski definition) is 1. The summed E-state index contributed by atoms with van der Waals surface area (Å²) < 4.78 is 0. The number of nitrogens with zero attached hydrogens (tertiary/aromatic N) is 1. The first kappa shape index (κ1) is 12.9. The Balaban J connectivity index is 2.17. The second kappa shape index (κ2) is 5.42. The molecule has 0 bridgehead atoms. The van der Waals surface area contributed by atoms with Gasteiger partial charge in [-0.25, -0.2) is 0 Å². The molecule has 0 atom stereocenters. The van der Waals surface area contributed by atoms with Crippen molar-refractivity contribution in [2.24, 2.45) is 0 Å². The van der Waals surface area contributed by atoms with Crippen LogP contribution in [0.3, 0.4) is 0 Å². The number of halogens is 1. The largest absolute Gasteiger partial charge is 0.508 e.